The van der Waals surface area contributed by atoms with E-state index in [0.29, 0.717) is 17.7 Å². The maximum absolute atomic E-state index is 10.4. The zero-order valence-corrected chi connectivity index (χ0v) is 6.98. The molecule has 0 spiro atoms. The fraction of sp³-hybridized carbons (Fsp3) is 0.286. The number of aromatic nitrogens is 2. The van der Waals surface area contributed by atoms with Gasteiger partial charge in [-0.15, -0.1) is 0 Å². The van der Waals surface area contributed by atoms with Crippen molar-refractivity contribution in [1.29, 1.82) is 0 Å². The summed E-state index contributed by atoms with van der Waals surface area (Å²) in [7, 11) is 3.70. The third-order valence-corrected chi connectivity index (χ3v) is 1.19. The van der Waals surface area contributed by atoms with Crippen LogP contribution in [0.3, 0.4) is 0 Å². The van der Waals surface area contributed by atoms with E-state index in [1.165, 1.54) is 6.20 Å². The van der Waals surface area contributed by atoms with Crippen LogP contribution in [0.15, 0.2) is 11.2 Å². The van der Waals surface area contributed by atoms with Crippen molar-refractivity contribution in [3.63, 3.8) is 0 Å². The number of aliphatic imine (C=N–C) groups is 1. The van der Waals surface area contributed by atoms with Crippen molar-refractivity contribution in [2.75, 3.05) is 14.1 Å². The van der Waals surface area contributed by atoms with Gasteiger partial charge in [-0.25, -0.2) is 4.99 Å². The minimum atomic E-state index is 0.466. The molecule has 1 heterocycles. The first-order valence-corrected chi connectivity index (χ1v) is 3.43. The molecule has 0 aliphatic rings. The van der Waals surface area contributed by atoms with E-state index in [0.717, 1.165) is 0 Å². The average molecular weight is 166 g/mol. The van der Waals surface area contributed by atoms with E-state index in [9.17, 15) is 4.79 Å². The highest BCUT2D eigenvalue weighted by atomic mass is 16.1. The van der Waals surface area contributed by atoms with E-state index < -0.39 is 0 Å². The molecule has 1 N–H and O–H groups in total. The van der Waals surface area contributed by atoms with Crippen molar-refractivity contribution < 1.29 is 4.79 Å². The van der Waals surface area contributed by atoms with Gasteiger partial charge in [-0.05, 0) is 0 Å². The summed E-state index contributed by atoms with van der Waals surface area (Å²) in [5.74, 6) is 0.485. The quantitative estimate of drug-likeness (QED) is 0.402. The predicted molar refractivity (Wildman–Crippen MR) is 45.8 cm³/mol. The summed E-state index contributed by atoms with van der Waals surface area (Å²) in [6, 6.07) is 0. The zero-order chi connectivity index (χ0) is 8.97. The number of aromatic amines is 1. The lowest BCUT2D eigenvalue weighted by molar-refractivity contribution is 0.112. The Balaban J connectivity index is 2.81. The van der Waals surface area contributed by atoms with Crippen LogP contribution in [-0.2, 0) is 0 Å². The molecule has 0 aliphatic carbocycles. The number of rotatable bonds is 3. The number of aldehydes is 1. The molecule has 0 radical (unpaired) electrons. The summed E-state index contributed by atoms with van der Waals surface area (Å²) in [6.45, 7) is 0. The lowest BCUT2D eigenvalue weighted by Crippen LogP contribution is -2.07. The zero-order valence-electron chi connectivity index (χ0n) is 6.98. The van der Waals surface area contributed by atoms with Crippen LogP contribution in [0, 0.1) is 0 Å². The highest BCUT2D eigenvalue weighted by molar-refractivity contribution is 5.82. The molecule has 0 saturated heterocycles. The first-order chi connectivity index (χ1) is 5.74. The van der Waals surface area contributed by atoms with Crippen LogP contribution in [0.5, 0.6) is 0 Å². The maximum atomic E-state index is 10.4. The first-order valence-electron chi connectivity index (χ1n) is 3.43. The van der Waals surface area contributed by atoms with E-state index in [2.05, 4.69) is 15.2 Å². The molecule has 0 saturated carbocycles. The van der Waals surface area contributed by atoms with E-state index in [1.807, 2.05) is 14.1 Å². The highest BCUT2D eigenvalue weighted by Crippen LogP contribution is 2.10. The smallest absolute Gasteiger partial charge is 0.160 e. The molecule has 12 heavy (non-hydrogen) atoms. The standard InChI is InChI=1S/C7H10N4O/c1-11(2)5-8-7-6(4-12)3-9-10-7/h3-5H,1-2H3,(H,9,10)/b8-5-. The van der Waals surface area contributed by atoms with Crippen LogP contribution in [0.1, 0.15) is 10.4 Å². The first kappa shape index (κ1) is 8.45. The molecule has 0 aromatic carbocycles. The van der Waals surface area contributed by atoms with Gasteiger partial charge in [-0.1, -0.05) is 0 Å². The van der Waals surface area contributed by atoms with E-state index in [1.54, 1.807) is 11.2 Å². The minimum absolute atomic E-state index is 0.466. The Hall–Kier alpha value is -1.65. The van der Waals surface area contributed by atoms with Crippen molar-refractivity contribution in [1.82, 2.24) is 15.1 Å². The van der Waals surface area contributed by atoms with Gasteiger partial charge in [-0.3, -0.25) is 9.89 Å². The molecule has 1 rings (SSSR count). The second-order valence-electron chi connectivity index (χ2n) is 2.50. The van der Waals surface area contributed by atoms with Gasteiger partial charge in [0.05, 0.1) is 18.1 Å². The fourth-order valence-electron chi connectivity index (χ4n) is 0.652. The molecule has 5 nitrogen and oxygen atoms in total. The van der Waals surface area contributed by atoms with Gasteiger partial charge in [0.25, 0.3) is 0 Å². The number of carbonyl (C=O) groups is 1. The third-order valence-electron chi connectivity index (χ3n) is 1.19. The number of hydrogen-bond acceptors (Lipinski definition) is 3. The fourth-order valence-corrected chi connectivity index (χ4v) is 0.652. The summed E-state index contributed by atoms with van der Waals surface area (Å²) < 4.78 is 0. The van der Waals surface area contributed by atoms with Crippen LogP contribution in [0.4, 0.5) is 5.82 Å². The van der Waals surface area contributed by atoms with Crippen molar-refractivity contribution in [3.05, 3.63) is 11.8 Å². The van der Waals surface area contributed by atoms with Gasteiger partial charge in [0.1, 0.15) is 0 Å². The van der Waals surface area contributed by atoms with Crippen LogP contribution in [0.2, 0.25) is 0 Å². The lowest BCUT2D eigenvalue weighted by atomic mass is 10.4. The summed E-state index contributed by atoms with van der Waals surface area (Å²) >= 11 is 0. The molecule has 0 unspecified atom stereocenters. The topological polar surface area (TPSA) is 61.4 Å². The van der Waals surface area contributed by atoms with Crippen molar-refractivity contribution in [2.45, 2.75) is 0 Å². The number of carbonyl (C=O) groups excluding carboxylic acids is 1. The van der Waals surface area contributed by atoms with Crippen LogP contribution >= 0.6 is 0 Å². The maximum Gasteiger partial charge on any atom is 0.160 e. The molecule has 0 fully saturated rings. The Bertz CT molecular complexity index is 289. The van der Waals surface area contributed by atoms with Gasteiger partial charge in [0.15, 0.2) is 12.1 Å². The number of H-pyrrole nitrogens is 1. The summed E-state index contributed by atoms with van der Waals surface area (Å²) in [6.07, 6.45) is 3.75. The van der Waals surface area contributed by atoms with E-state index >= 15 is 0 Å². The molecular weight excluding hydrogens is 156 g/mol. The van der Waals surface area contributed by atoms with Gasteiger partial charge in [0.2, 0.25) is 0 Å². The summed E-state index contributed by atoms with van der Waals surface area (Å²) in [5.41, 5.74) is 0.466. The normalized spacial score (nSPS) is 10.5. The molecular formula is C7H10N4O. The Labute approximate surface area is 70.1 Å². The third kappa shape index (κ3) is 1.91. The van der Waals surface area contributed by atoms with Gasteiger partial charge < -0.3 is 4.90 Å². The van der Waals surface area contributed by atoms with Crippen LogP contribution in [0.25, 0.3) is 0 Å². The Morgan fingerprint density at radius 3 is 3.00 bits per heavy atom. The average Bonchev–Trinajstić information content (AvgIpc) is 2.47. The second kappa shape index (κ2) is 3.66. The lowest BCUT2D eigenvalue weighted by Gasteiger charge is -2.00. The van der Waals surface area contributed by atoms with E-state index in [4.69, 9.17) is 0 Å². The SMILES string of the molecule is CN(C)/C=N\c1[nH]ncc1C=O. The number of nitrogens with zero attached hydrogens (tertiary/aromatic N) is 3. The predicted octanol–water partition coefficient (Wildman–Crippen LogP) is 0.444. The number of hydrogen-bond donors (Lipinski definition) is 1. The Morgan fingerprint density at radius 2 is 2.42 bits per heavy atom. The molecule has 0 atom stereocenters. The second-order valence-corrected chi connectivity index (χ2v) is 2.50. The Kier molecular flexibility index (Phi) is 2.57. The Morgan fingerprint density at radius 1 is 1.67 bits per heavy atom. The molecule has 0 bridgehead atoms. The van der Waals surface area contributed by atoms with Gasteiger partial charge >= 0.3 is 0 Å². The minimum Gasteiger partial charge on any atom is -0.369 e. The summed E-state index contributed by atoms with van der Waals surface area (Å²) in [4.78, 5) is 16.1. The molecule has 1 aromatic heterocycles. The molecule has 64 valence electrons. The van der Waals surface area contributed by atoms with Crippen molar-refractivity contribution in [2.24, 2.45) is 4.99 Å². The van der Waals surface area contributed by atoms with Crippen molar-refractivity contribution in [3.8, 4) is 0 Å². The number of nitrogens with one attached hydrogen (secondary N) is 1. The molecule has 1 aromatic rings. The summed E-state index contributed by atoms with van der Waals surface area (Å²) in [5, 5.41) is 6.29. The van der Waals surface area contributed by atoms with Crippen LogP contribution in [-0.4, -0.2) is 41.8 Å². The molecule has 5 heteroatoms. The largest absolute Gasteiger partial charge is 0.369 e. The van der Waals surface area contributed by atoms with Crippen LogP contribution < -0.4 is 0 Å². The molecule has 0 amide bonds. The highest BCUT2D eigenvalue weighted by Gasteiger charge is 1.99. The van der Waals surface area contributed by atoms with Gasteiger partial charge in [-0.2, -0.15) is 5.10 Å². The van der Waals surface area contributed by atoms with Crippen molar-refractivity contribution >= 4 is 18.4 Å². The monoisotopic (exact) mass is 166 g/mol. The molecule has 0 aliphatic heterocycles. The van der Waals surface area contributed by atoms with E-state index in [-0.39, 0.29) is 0 Å². The van der Waals surface area contributed by atoms with Gasteiger partial charge in [0, 0.05) is 14.1 Å².